The number of fused-ring (bicyclic) bond motifs is 2. The van der Waals surface area contributed by atoms with Crippen LogP contribution in [-0.4, -0.2) is 27.0 Å². The number of rotatable bonds is 6. The predicted octanol–water partition coefficient (Wildman–Crippen LogP) is 4.08. The molecule has 150 valence electrons. The third-order valence-electron chi connectivity index (χ3n) is 5.24. The van der Waals surface area contributed by atoms with Gasteiger partial charge in [0.05, 0.1) is 5.69 Å². The van der Waals surface area contributed by atoms with Crippen molar-refractivity contribution in [3.8, 4) is 0 Å². The number of nitrogens with one attached hydrogen (secondary N) is 4. The zero-order chi connectivity index (χ0) is 20.5. The van der Waals surface area contributed by atoms with E-state index in [4.69, 9.17) is 5.73 Å². The average molecular weight is 397 g/mol. The Kier molecular flexibility index (Phi) is 4.57. The van der Waals surface area contributed by atoms with Gasteiger partial charge in [0.1, 0.15) is 5.82 Å². The molecule has 2 aromatic carbocycles. The summed E-state index contributed by atoms with van der Waals surface area (Å²) in [5.74, 6) is 0.972. The van der Waals surface area contributed by atoms with Gasteiger partial charge in [0.25, 0.3) is 0 Å². The number of hydrogen-bond acceptors (Lipinski definition) is 5. The van der Waals surface area contributed by atoms with Crippen molar-refractivity contribution in [1.82, 2.24) is 25.3 Å². The Morgan fingerprint density at radius 1 is 1.07 bits per heavy atom. The molecule has 0 aliphatic carbocycles. The van der Waals surface area contributed by atoms with E-state index in [-0.39, 0.29) is 0 Å². The fraction of sp³-hybridized carbons (Fsp3) is 0.130. The van der Waals surface area contributed by atoms with Crippen molar-refractivity contribution in [2.75, 3.05) is 18.1 Å². The number of aromatic amines is 2. The van der Waals surface area contributed by atoms with Crippen LogP contribution in [0, 0.1) is 0 Å². The lowest BCUT2D eigenvalue weighted by Crippen LogP contribution is -2.05. The van der Waals surface area contributed by atoms with Gasteiger partial charge in [0.15, 0.2) is 0 Å². The van der Waals surface area contributed by atoms with E-state index >= 15 is 0 Å². The molecule has 0 aliphatic heterocycles. The summed E-state index contributed by atoms with van der Waals surface area (Å²) in [5.41, 5.74) is 12.6. The van der Waals surface area contributed by atoms with Crippen LogP contribution in [-0.2, 0) is 13.0 Å². The Morgan fingerprint density at radius 3 is 2.87 bits per heavy atom. The molecule has 0 radical (unpaired) electrons. The van der Waals surface area contributed by atoms with Gasteiger partial charge in [-0.3, -0.25) is 0 Å². The summed E-state index contributed by atoms with van der Waals surface area (Å²) in [6.07, 6.45) is 4.43. The maximum Gasteiger partial charge on any atom is 0.229 e. The molecule has 0 bridgehead atoms. The SMILES string of the molecule is CNCc1cc2c(Nc3ncc(Cc4ccc5[nH]ccc5c4)c(N)n3)cccc2[nH]1. The molecule has 0 aliphatic rings. The van der Waals surface area contributed by atoms with E-state index in [0.29, 0.717) is 18.2 Å². The number of aromatic nitrogens is 4. The topological polar surface area (TPSA) is 107 Å². The highest BCUT2D eigenvalue weighted by molar-refractivity contribution is 5.93. The largest absolute Gasteiger partial charge is 0.383 e. The standard InChI is InChI=1S/C23H23N7/c1-25-13-17-11-18-20(28-17)3-2-4-21(18)29-23-27-12-16(22(24)30-23)10-14-5-6-19-15(9-14)7-8-26-19/h2-9,11-12,25-26,28H,10,13H2,1H3,(H3,24,27,29,30). The van der Waals surface area contributed by atoms with Crippen LogP contribution >= 0.6 is 0 Å². The predicted molar refractivity (Wildman–Crippen MR) is 122 cm³/mol. The summed E-state index contributed by atoms with van der Waals surface area (Å²) in [7, 11) is 1.93. The van der Waals surface area contributed by atoms with Crippen LogP contribution in [0.15, 0.2) is 60.9 Å². The minimum atomic E-state index is 0.485. The molecule has 30 heavy (non-hydrogen) atoms. The summed E-state index contributed by atoms with van der Waals surface area (Å²) in [6, 6.07) is 16.6. The van der Waals surface area contributed by atoms with Crippen LogP contribution < -0.4 is 16.4 Å². The van der Waals surface area contributed by atoms with E-state index < -0.39 is 0 Å². The number of hydrogen-bond donors (Lipinski definition) is 5. The smallest absolute Gasteiger partial charge is 0.229 e. The van der Waals surface area contributed by atoms with E-state index in [1.54, 1.807) is 6.20 Å². The summed E-state index contributed by atoms with van der Waals surface area (Å²) in [4.78, 5) is 15.6. The van der Waals surface area contributed by atoms with Gasteiger partial charge < -0.3 is 26.3 Å². The second kappa shape index (κ2) is 7.53. The molecule has 5 rings (SSSR count). The van der Waals surface area contributed by atoms with Gasteiger partial charge >= 0.3 is 0 Å². The van der Waals surface area contributed by atoms with E-state index in [0.717, 1.165) is 39.9 Å². The zero-order valence-electron chi connectivity index (χ0n) is 16.7. The monoisotopic (exact) mass is 397 g/mol. The molecule has 0 saturated heterocycles. The number of H-pyrrole nitrogens is 2. The van der Waals surface area contributed by atoms with Gasteiger partial charge in [-0.1, -0.05) is 12.1 Å². The molecule has 0 saturated carbocycles. The van der Waals surface area contributed by atoms with Gasteiger partial charge in [0.2, 0.25) is 5.95 Å². The highest BCUT2D eigenvalue weighted by atomic mass is 15.1. The van der Waals surface area contributed by atoms with Gasteiger partial charge in [-0.25, -0.2) is 4.98 Å². The van der Waals surface area contributed by atoms with Crippen molar-refractivity contribution in [1.29, 1.82) is 0 Å². The average Bonchev–Trinajstić information content (AvgIpc) is 3.37. The van der Waals surface area contributed by atoms with Gasteiger partial charge in [-0.15, -0.1) is 0 Å². The molecule has 0 atom stereocenters. The lowest BCUT2D eigenvalue weighted by atomic mass is 10.1. The highest BCUT2D eigenvalue weighted by Gasteiger charge is 2.10. The second-order valence-corrected chi connectivity index (χ2v) is 7.40. The molecule has 7 heteroatoms. The molecule has 0 fully saturated rings. The first kappa shape index (κ1) is 18.2. The summed E-state index contributed by atoms with van der Waals surface area (Å²) in [5, 5.41) is 8.74. The number of nitrogen functional groups attached to an aromatic ring is 1. The van der Waals surface area contributed by atoms with Crippen molar-refractivity contribution in [3.63, 3.8) is 0 Å². The zero-order valence-corrected chi connectivity index (χ0v) is 16.7. The molecule has 5 aromatic rings. The first-order chi connectivity index (χ1) is 14.7. The molecule has 0 spiro atoms. The lowest BCUT2D eigenvalue weighted by Gasteiger charge is -2.09. The highest BCUT2D eigenvalue weighted by Crippen LogP contribution is 2.27. The van der Waals surface area contributed by atoms with Crippen LogP contribution in [0.1, 0.15) is 16.8 Å². The van der Waals surface area contributed by atoms with Crippen LogP contribution in [0.2, 0.25) is 0 Å². The molecular weight excluding hydrogens is 374 g/mol. The second-order valence-electron chi connectivity index (χ2n) is 7.40. The number of nitrogens with zero attached hydrogens (tertiary/aromatic N) is 2. The Morgan fingerprint density at radius 2 is 2.00 bits per heavy atom. The fourth-order valence-electron chi connectivity index (χ4n) is 3.78. The number of nitrogens with two attached hydrogens (primary N) is 1. The third-order valence-corrected chi connectivity index (χ3v) is 5.24. The van der Waals surface area contributed by atoms with E-state index in [2.05, 4.69) is 67.0 Å². The van der Waals surface area contributed by atoms with Crippen LogP contribution in [0.4, 0.5) is 17.5 Å². The quantitative estimate of drug-likeness (QED) is 0.297. The van der Waals surface area contributed by atoms with Crippen LogP contribution in [0.25, 0.3) is 21.8 Å². The van der Waals surface area contributed by atoms with Gasteiger partial charge in [-0.2, -0.15) is 4.98 Å². The van der Waals surface area contributed by atoms with Gasteiger partial charge in [-0.05, 0) is 54.4 Å². The molecule has 6 N–H and O–H groups in total. The molecule has 3 aromatic heterocycles. The van der Waals surface area contributed by atoms with Crippen LogP contribution in [0.5, 0.6) is 0 Å². The summed E-state index contributed by atoms with van der Waals surface area (Å²) < 4.78 is 0. The molecular formula is C23H23N7. The Labute approximate surface area is 173 Å². The molecule has 0 unspecified atom stereocenters. The first-order valence-electron chi connectivity index (χ1n) is 9.89. The maximum absolute atomic E-state index is 6.26. The minimum Gasteiger partial charge on any atom is -0.383 e. The fourth-order valence-corrected chi connectivity index (χ4v) is 3.78. The van der Waals surface area contributed by atoms with Crippen molar-refractivity contribution in [2.24, 2.45) is 0 Å². The Bertz CT molecular complexity index is 1330. The van der Waals surface area contributed by atoms with E-state index in [1.807, 2.05) is 25.4 Å². The van der Waals surface area contributed by atoms with Crippen LogP contribution in [0.3, 0.4) is 0 Å². The lowest BCUT2D eigenvalue weighted by molar-refractivity contribution is 0.800. The third kappa shape index (κ3) is 3.46. The molecule has 7 nitrogen and oxygen atoms in total. The van der Waals surface area contributed by atoms with Crippen molar-refractivity contribution < 1.29 is 0 Å². The summed E-state index contributed by atoms with van der Waals surface area (Å²) in [6.45, 7) is 0.779. The number of anilines is 3. The van der Waals surface area contributed by atoms with Gasteiger partial charge in [0, 0.05) is 53.0 Å². The molecule has 3 heterocycles. The first-order valence-corrected chi connectivity index (χ1v) is 9.89. The Balaban J connectivity index is 1.39. The Hall–Kier alpha value is -3.84. The van der Waals surface area contributed by atoms with Crippen molar-refractivity contribution >= 4 is 39.3 Å². The van der Waals surface area contributed by atoms with E-state index in [1.165, 1.54) is 10.9 Å². The summed E-state index contributed by atoms with van der Waals surface area (Å²) >= 11 is 0. The minimum absolute atomic E-state index is 0.485. The van der Waals surface area contributed by atoms with Crippen molar-refractivity contribution in [3.05, 3.63) is 77.7 Å². The molecule has 0 amide bonds. The maximum atomic E-state index is 6.26. The van der Waals surface area contributed by atoms with E-state index in [9.17, 15) is 0 Å². The normalized spacial score (nSPS) is 11.4. The van der Waals surface area contributed by atoms with Crippen molar-refractivity contribution in [2.45, 2.75) is 13.0 Å². The number of benzene rings is 2.